The van der Waals surface area contributed by atoms with Gasteiger partial charge in [0.15, 0.2) is 0 Å². The first-order valence-corrected chi connectivity index (χ1v) is 14.4. The predicted octanol–water partition coefficient (Wildman–Crippen LogP) is 0.961. The molecule has 16 heteroatoms. The number of fused-ring (bicyclic) bond motifs is 1. The zero-order chi connectivity index (χ0) is 29.7. The van der Waals surface area contributed by atoms with Crippen LogP contribution in [0.25, 0.3) is 0 Å². The summed E-state index contributed by atoms with van der Waals surface area (Å²) in [5.41, 5.74) is 0.218. The van der Waals surface area contributed by atoms with Crippen LogP contribution in [0.2, 0.25) is 0 Å². The van der Waals surface area contributed by atoms with E-state index in [9.17, 15) is 24.0 Å². The average molecular weight is 605 g/mol. The number of rotatable bonds is 11. The maximum absolute atomic E-state index is 13.3. The molecule has 14 nitrogen and oxygen atoms in total. The van der Waals surface area contributed by atoms with E-state index in [1.807, 2.05) is 0 Å². The third-order valence-electron chi connectivity index (χ3n) is 6.02. The van der Waals surface area contributed by atoms with Gasteiger partial charge >= 0.3 is 11.9 Å². The molecule has 0 bridgehead atoms. The van der Waals surface area contributed by atoms with E-state index >= 15 is 0 Å². The lowest BCUT2D eigenvalue weighted by Gasteiger charge is -2.49. The van der Waals surface area contributed by atoms with Crippen molar-refractivity contribution in [3.63, 3.8) is 0 Å². The Morgan fingerprint density at radius 1 is 1.22 bits per heavy atom. The van der Waals surface area contributed by atoms with Gasteiger partial charge in [-0.15, -0.1) is 16.9 Å². The molecule has 41 heavy (non-hydrogen) atoms. The highest BCUT2D eigenvalue weighted by Gasteiger charge is 2.55. The Labute approximate surface area is 243 Å². The molecule has 1 N–H and O–H groups in total. The minimum absolute atomic E-state index is 0.00225. The molecule has 4 rings (SSSR count). The standard InChI is InChI=1S/C25H28N6O8S2/c1-25(2,3)23(36)39-13-38-22(35)17-15(11-41-24-27-28-29-30(24)4)10-40-21-16(20(34)31(17)21)26-19(33)18(37-12-32)14-8-6-5-7-9-14/h5-9,12,16,18,21H,10-11,13H2,1-4H3,(H,26,33)/t16?,18-,21-/m1/s1. The number of nitrogens with one attached hydrogen (secondary N) is 1. The van der Waals surface area contributed by atoms with Gasteiger partial charge in [-0.05, 0) is 36.8 Å². The van der Waals surface area contributed by atoms with Crippen molar-refractivity contribution in [1.82, 2.24) is 30.4 Å². The minimum atomic E-state index is -1.26. The van der Waals surface area contributed by atoms with Crippen LogP contribution in [0.1, 0.15) is 32.4 Å². The summed E-state index contributed by atoms with van der Waals surface area (Å²) in [4.78, 5) is 64.0. The molecule has 2 aromatic rings. The Morgan fingerprint density at radius 2 is 1.95 bits per heavy atom. The summed E-state index contributed by atoms with van der Waals surface area (Å²) < 4.78 is 16.8. The van der Waals surface area contributed by atoms with Gasteiger partial charge in [-0.25, -0.2) is 9.48 Å². The minimum Gasteiger partial charge on any atom is -0.449 e. The second kappa shape index (κ2) is 12.7. The highest BCUT2D eigenvalue weighted by molar-refractivity contribution is 8.01. The first-order chi connectivity index (χ1) is 19.5. The van der Waals surface area contributed by atoms with E-state index in [-0.39, 0.29) is 17.9 Å². The van der Waals surface area contributed by atoms with Gasteiger partial charge in [-0.1, -0.05) is 42.1 Å². The average Bonchev–Trinajstić information content (AvgIpc) is 3.36. The van der Waals surface area contributed by atoms with Crippen LogP contribution in [-0.2, 0) is 45.2 Å². The summed E-state index contributed by atoms with van der Waals surface area (Å²) in [5.74, 6) is -2.04. The smallest absolute Gasteiger partial charge is 0.357 e. The molecule has 0 spiro atoms. The number of hydrogen-bond acceptors (Lipinski definition) is 13. The summed E-state index contributed by atoms with van der Waals surface area (Å²) in [7, 11) is 1.67. The summed E-state index contributed by atoms with van der Waals surface area (Å²) in [6.45, 7) is 4.52. The van der Waals surface area contributed by atoms with Crippen LogP contribution in [0, 0.1) is 5.41 Å². The molecule has 218 valence electrons. The maximum atomic E-state index is 13.3. The molecule has 0 saturated carbocycles. The number of thioether (sulfide) groups is 2. The molecule has 2 amide bonds. The number of hydrogen-bond donors (Lipinski definition) is 1. The lowest BCUT2D eigenvalue weighted by Crippen LogP contribution is -2.71. The number of aromatic nitrogens is 4. The summed E-state index contributed by atoms with van der Waals surface area (Å²) in [5, 5.41) is 13.8. The van der Waals surface area contributed by atoms with Gasteiger partial charge < -0.3 is 19.5 Å². The van der Waals surface area contributed by atoms with Crippen molar-refractivity contribution < 1.29 is 38.2 Å². The van der Waals surface area contributed by atoms with Crippen molar-refractivity contribution in [2.75, 3.05) is 18.3 Å². The van der Waals surface area contributed by atoms with Crippen LogP contribution in [-0.4, -0.2) is 85.0 Å². The molecule has 1 saturated heterocycles. The monoisotopic (exact) mass is 604 g/mol. The van der Waals surface area contributed by atoms with E-state index in [1.165, 1.54) is 33.1 Å². The fraction of sp³-hybridized carbons (Fsp3) is 0.440. The Hall–Kier alpha value is -3.92. The fourth-order valence-electron chi connectivity index (χ4n) is 3.90. The zero-order valence-corrected chi connectivity index (χ0v) is 24.3. The lowest BCUT2D eigenvalue weighted by atomic mass is 9.98. The lowest BCUT2D eigenvalue weighted by molar-refractivity contribution is -0.173. The number of carbonyl (C=O) groups excluding carboxylic acids is 5. The van der Waals surface area contributed by atoms with E-state index in [4.69, 9.17) is 14.2 Å². The summed E-state index contributed by atoms with van der Waals surface area (Å²) in [6, 6.07) is 7.40. The quantitative estimate of drug-likeness (QED) is 0.126. The first-order valence-electron chi connectivity index (χ1n) is 12.3. The van der Waals surface area contributed by atoms with E-state index in [1.54, 1.807) is 58.2 Å². The maximum Gasteiger partial charge on any atom is 0.357 e. The fourth-order valence-corrected chi connectivity index (χ4v) is 6.24. The third-order valence-corrected chi connectivity index (χ3v) is 8.46. The number of benzene rings is 1. The van der Waals surface area contributed by atoms with Gasteiger partial charge in [-0.2, -0.15) is 0 Å². The third kappa shape index (κ3) is 6.70. The predicted molar refractivity (Wildman–Crippen MR) is 144 cm³/mol. The molecule has 2 aliphatic heterocycles. The molecule has 2 aliphatic rings. The van der Waals surface area contributed by atoms with Crippen LogP contribution in [0.3, 0.4) is 0 Å². The van der Waals surface area contributed by atoms with Crippen molar-refractivity contribution >= 4 is 53.7 Å². The number of nitrogens with zero attached hydrogens (tertiary/aromatic N) is 5. The molecule has 0 aliphatic carbocycles. The molecule has 0 radical (unpaired) electrons. The van der Waals surface area contributed by atoms with E-state index < -0.39 is 53.5 Å². The van der Waals surface area contributed by atoms with Crippen LogP contribution < -0.4 is 5.32 Å². The number of aryl methyl sites for hydroxylation is 1. The van der Waals surface area contributed by atoms with E-state index in [0.717, 1.165) is 0 Å². The Morgan fingerprint density at radius 3 is 2.59 bits per heavy atom. The van der Waals surface area contributed by atoms with Crippen molar-refractivity contribution in [3.8, 4) is 0 Å². The van der Waals surface area contributed by atoms with Crippen molar-refractivity contribution in [1.29, 1.82) is 0 Å². The largest absolute Gasteiger partial charge is 0.449 e. The van der Waals surface area contributed by atoms with Gasteiger partial charge in [0.2, 0.25) is 18.1 Å². The SMILES string of the molecule is Cn1nnnc1SCC1=C(C(=O)OCOC(=O)C(C)(C)C)N2C(=O)C(NC(=O)[C@H](OC=O)c3ccccc3)[C@H]2SC1. The van der Waals surface area contributed by atoms with Gasteiger partial charge in [-0.3, -0.25) is 24.1 Å². The number of β-lactam (4-membered cyclic amide) rings is 1. The van der Waals surface area contributed by atoms with Gasteiger partial charge in [0.25, 0.3) is 18.3 Å². The molecule has 3 heterocycles. The Kier molecular flexibility index (Phi) is 9.32. The number of amides is 2. The second-order valence-corrected chi connectivity index (χ2v) is 12.0. The highest BCUT2D eigenvalue weighted by Crippen LogP contribution is 2.42. The topological polar surface area (TPSA) is 172 Å². The van der Waals surface area contributed by atoms with Crippen molar-refractivity contribution in [3.05, 3.63) is 47.2 Å². The first kappa shape index (κ1) is 30.0. The summed E-state index contributed by atoms with van der Waals surface area (Å²) >= 11 is 2.61. The summed E-state index contributed by atoms with van der Waals surface area (Å²) in [6.07, 6.45) is -1.26. The van der Waals surface area contributed by atoms with Crippen LogP contribution >= 0.6 is 23.5 Å². The second-order valence-electron chi connectivity index (χ2n) is 9.98. The van der Waals surface area contributed by atoms with Gasteiger partial charge in [0.1, 0.15) is 17.1 Å². The molecular formula is C25H28N6O8S2. The molecule has 1 unspecified atom stereocenters. The Balaban J connectivity index is 1.51. The zero-order valence-electron chi connectivity index (χ0n) is 22.6. The molecule has 1 fully saturated rings. The van der Waals surface area contributed by atoms with Crippen molar-refractivity contribution in [2.24, 2.45) is 12.5 Å². The molecule has 1 aromatic carbocycles. The normalized spacial score (nSPS) is 19.0. The molecule has 1 aromatic heterocycles. The van der Waals surface area contributed by atoms with Crippen LogP contribution in [0.4, 0.5) is 0 Å². The number of tetrazole rings is 1. The van der Waals surface area contributed by atoms with Gasteiger partial charge in [0.05, 0.1) is 5.41 Å². The highest BCUT2D eigenvalue weighted by atomic mass is 32.2. The number of carbonyl (C=O) groups is 5. The Bertz CT molecular complexity index is 1360. The van der Waals surface area contributed by atoms with E-state index in [2.05, 4.69) is 20.8 Å². The van der Waals surface area contributed by atoms with E-state index in [0.29, 0.717) is 22.0 Å². The van der Waals surface area contributed by atoms with Gasteiger partial charge in [0, 0.05) is 24.1 Å². The van der Waals surface area contributed by atoms with Crippen LogP contribution in [0.5, 0.6) is 0 Å². The van der Waals surface area contributed by atoms with Crippen molar-refractivity contribution in [2.45, 2.75) is 43.4 Å². The molecular weight excluding hydrogens is 576 g/mol. The molecule has 3 atom stereocenters. The number of esters is 2. The van der Waals surface area contributed by atoms with Crippen LogP contribution in [0.15, 0.2) is 46.8 Å². The number of ether oxygens (including phenoxy) is 3.